The monoisotopic (exact) mass is 192 g/mol. The zero-order chi connectivity index (χ0) is 4.12. The van der Waals surface area contributed by atoms with Crippen molar-refractivity contribution in [1.29, 1.82) is 0 Å². The van der Waals surface area contributed by atoms with Crippen molar-refractivity contribution in [1.82, 2.24) is 0 Å². The SMILES string of the molecule is CC[NH2+]CC.[Cl-].[Cl-].[Ti+]. The number of quaternary nitrogens is 1. The van der Waals surface area contributed by atoms with E-state index in [2.05, 4.69) is 19.2 Å². The zero-order valence-corrected chi connectivity index (χ0v) is 8.32. The molecule has 0 unspecified atom stereocenters. The van der Waals surface area contributed by atoms with Crippen LogP contribution in [-0.4, -0.2) is 13.1 Å². The van der Waals surface area contributed by atoms with E-state index in [9.17, 15) is 0 Å². The van der Waals surface area contributed by atoms with Gasteiger partial charge in [-0.1, -0.05) is 0 Å². The van der Waals surface area contributed by atoms with Crippen LogP contribution < -0.4 is 30.1 Å². The van der Waals surface area contributed by atoms with Crippen LogP contribution in [0.4, 0.5) is 0 Å². The van der Waals surface area contributed by atoms with Crippen molar-refractivity contribution in [3.63, 3.8) is 0 Å². The van der Waals surface area contributed by atoms with Gasteiger partial charge in [0.2, 0.25) is 0 Å². The van der Waals surface area contributed by atoms with E-state index in [1.807, 2.05) is 0 Å². The smallest absolute Gasteiger partial charge is 1.00 e. The van der Waals surface area contributed by atoms with E-state index < -0.39 is 0 Å². The first kappa shape index (κ1) is 22.8. The van der Waals surface area contributed by atoms with E-state index in [0.29, 0.717) is 0 Å². The molecule has 51 valence electrons. The normalized spacial score (nSPS) is 5.25. The molecule has 8 heavy (non-hydrogen) atoms. The van der Waals surface area contributed by atoms with Crippen molar-refractivity contribution in [2.24, 2.45) is 0 Å². The average molecular weight is 193 g/mol. The first-order chi connectivity index (χ1) is 2.41. The molecule has 0 aromatic rings. The number of hydrogen-bond donors (Lipinski definition) is 1. The third-order valence-corrected chi connectivity index (χ3v) is 0.577. The van der Waals surface area contributed by atoms with Gasteiger partial charge in [0, 0.05) is 0 Å². The van der Waals surface area contributed by atoms with Gasteiger partial charge in [-0.3, -0.25) is 0 Å². The van der Waals surface area contributed by atoms with E-state index in [1.165, 1.54) is 13.1 Å². The quantitative estimate of drug-likeness (QED) is 0.420. The molecular weight excluding hydrogens is 181 g/mol. The Morgan fingerprint density at radius 3 is 1.25 bits per heavy atom. The maximum atomic E-state index is 2.25. The largest absolute Gasteiger partial charge is 1.00 e. The Balaban J connectivity index is -0.0000000267. The van der Waals surface area contributed by atoms with Gasteiger partial charge in [-0.15, -0.1) is 0 Å². The summed E-state index contributed by atoms with van der Waals surface area (Å²) in [6.45, 7) is 6.75. The number of hydrogen-bond acceptors (Lipinski definition) is 0. The zero-order valence-electron chi connectivity index (χ0n) is 5.25. The Labute approximate surface area is 78.7 Å². The Morgan fingerprint density at radius 2 is 1.25 bits per heavy atom. The molecule has 4 heteroatoms. The van der Waals surface area contributed by atoms with Crippen molar-refractivity contribution < 1.29 is 51.8 Å². The molecule has 0 spiro atoms. The van der Waals surface area contributed by atoms with Crippen LogP contribution in [0.2, 0.25) is 0 Å². The third kappa shape index (κ3) is 26.8. The molecule has 0 amide bonds. The van der Waals surface area contributed by atoms with Gasteiger partial charge in [0.15, 0.2) is 0 Å². The summed E-state index contributed by atoms with van der Waals surface area (Å²) in [5.74, 6) is 0. The van der Waals surface area contributed by atoms with Gasteiger partial charge >= 0.3 is 21.7 Å². The number of nitrogens with two attached hydrogens (primary N) is 1. The molecule has 0 aromatic heterocycles. The van der Waals surface area contributed by atoms with Crippen LogP contribution in [0, 0.1) is 0 Å². The van der Waals surface area contributed by atoms with Gasteiger partial charge in [0.05, 0.1) is 13.1 Å². The van der Waals surface area contributed by atoms with Crippen molar-refractivity contribution in [2.45, 2.75) is 13.8 Å². The molecule has 2 N–H and O–H groups in total. The Morgan fingerprint density at radius 1 is 1.00 bits per heavy atom. The fraction of sp³-hybridized carbons (Fsp3) is 1.00. The van der Waals surface area contributed by atoms with Gasteiger partial charge in [-0.25, -0.2) is 0 Å². The average Bonchev–Trinajstić information content (AvgIpc) is 1.41. The van der Waals surface area contributed by atoms with Crippen molar-refractivity contribution in [3.8, 4) is 0 Å². The van der Waals surface area contributed by atoms with Crippen LogP contribution in [0.1, 0.15) is 13.8 Å². The van der Waals surface area contributed by atoms with Gasteiger partial charge in [-0.2, -0.15) is 0 Å². The first-order valence-electron chi connectivity index (χ1n) is 2.23. The van der Waals surface area contributed by atoms with Crippen molar-refractivity contribution in [3.05, 3.63) is 0 Å². The number of halogens is 2. The molecule has 0 rings (SSSR count). The first-order valence-corrected chi connectivity index (χ1v) is 2.23. The number of rotatable bonds is 2. The second-order valence-corrected chi connectivity index (χ2v) is 1.11. The fourth-order valence-corrected chi connectivity index (χ4v) is 0.289. The third-order valence-electron chi connectivity index (χ3n) is 0.577. The molecule has 0 aromatic carbocycles. The molecule has 0 aliphatic heterocycles. The van der Waals surface area contributed by atoms with Crippen LogP contribution in [0.15, 0.2) is 0 Å². The summed E-state index contributed by atoms with van der Waals surface area (Å²) in [5.41, 5.74) is 0. The summed E-state index contributed by atoms with van der Waals surface area (Å²) in [7, 11) is 0. The summed E-state index contributed by atoms with van der Waals surface area (Å²) in [6.07, 6.45) is 0. The van der Waals surface area contributed by atoms with Gasteiger partial charge in [0.25, 0.3) is 0 Å². The molecule has 0 aliphatic carbocycles. The Hall–Kier alpha value is 1.25. The van der Waals surface area contributed by atoms with Crippen LogP contribution in [0.3, 0.4) is 0 Å². The molecule has 0 heterocycles. The van der Waals surface area contributed by atoms with Crippen molar-refractivity contribution in [2.75, 3.05) is 13.1 Å². The standard InChI is InChI=1S/C4H11N.2ClH.Ti/c1-3-5-4-2;;;/h5H,3-4H2,1-2H3;2*1H;/q;;;+1/p-1. The molecule has 0 saturated carbocycles. The molecule has 0 aliphatic rings. The summed E-state index contributed by atoms with van der Waals surface area (Å²) in [4.78, 5) is 0. The maximum Gasteiger partial charge on any atom is 1.00 e. The van der Waals surface area contributed by atoms with Crippen molar-refractivity contribution >= 4 is 0 Å². The minimum absolute atomic E-state index is 0. The predicted octanol–water partition coefficient (Wildman–Crippen LogP) is -6.40. The molecule has 0 atom stereocenters. The summed E-state index contributed by atoms with van der Waals surface area (Å²) >= 11 is 0. The second-order valence-electron chi connectivity index (χ2n) is 1.11. The van der Waals surface area contributed by atoms with Gasteiger partial charge in [0.1, 0.15) is 0 Å². The summed E-state index contributed by atoms with van der Waals surface area (Å²) < 4.78 is 0. The van der Waals surface area contributed by atoms with Gasteiger partial charge in [-0.05, 0) is 13.8 Å². The molecule has 1 nitrogen and oxygen atoms in total. The van der Waals surface area contributed by atoms with E-state index in [4.69, 9.17) is 0 Å². The van der Waals surface area contributed by atoms with E-state index in [-0.39, 0.29) is 46.5 Å². The van der Waals surface area contributed by atoms with E-state index in [0.717, 1.165) is 0 Å². The topological polar surface area (TPSA) is 16.6 Å². The minimum atomic E-state index is 0. The minimum Gasteiger partial charge on any atom is -1.00 e. The van der Waals surface area contributed by atoms with E-state index in [1.54, 1.807) is 0 Å². The second kappa shape index (κ2) is 24.0. The molecule has 0 saturated heterocycles. The molecular formula is C4H12Cl2NTi. The predicted molar refractivity (Wildman–Crippen MR) is 23.0 cm³/mol. The Bertz CT molecular complexity index is 21.5. The van der Waals surface area contributed by atoms with Crippen LogP contribution >= 0.6 is 0 Å². The molecule has 0 bridgehead atoms. The Kier molecular flexibility index (Phi) is 68.5. The molecule has 0 fully saturated rings. The maximum absolute atomic E-state index is 2.25. The van der Waals surface area contributed by atoms with Crippen LogP contribution in [0.5, 0.6) is 0 Å². The van der Waals surface area contributed by atoms with Crippen LogP contribution in [0.25, 0.3) is 0 Å². The molecule has 1 radical (unpaired) electrons. The summed E-state index contributed by atoms with van der Waals surface area (Å²) in [6, 6.07) is 0. The van der Waals surface area contributed by atoms with Crippen LogP contribution in [-0.2, 0) is 21.7 Å². The van der Waals surface area contributed by atoms with Gasteiger partial charge < -0.3 is 30.1 Å². The summed E-state index contributed by atoms with van der Waals surface area (Å²) in [5, 5.41) is 2.25. The fourth-order valence-electron chi connectivity index (χ4n) is 0.289. The van der Waals surface area contributed by atoms with E-state index >= 15 is 0 Å².